The molecule has 208 valence electrons. The van der Waals surface area contributed by atoms with Crippen LogP contribution in [-0.2, 0) is 24.1 Å². The lowest BCUT2D eigenvalue weighted by Gasteiger charge is -2.54. The number of amides is 2. The Kier molecular flexibility index (Phi) is 5.95. The fourth-order valence-corrected chi connectivity index (χ4v) is 7.89. The predicted octanol–water partition coefficient (Wildman–Crippen LogP) is 6.21. The number of halogens is 2. The van der Waals surface area contributed by atoms with E-state index in [0.29, 0.717) is 5.56 Å². The van der Waals surface area contributed by atoms with Crippen molar-refractivity contribution < 1.29 is 23.9 Å². The number of hydrogen-bond donors (Lipinski definition) is 0. The van der Waals surface area contributed by atoms with Gasteiger partial charge in [-0.1, -0.05) is 78.9 Å². The Morgan fingerprint density at radius 3 is 1.55 bits per heavy atom. The largest absolute Gasteiger partial charge is 0.451 e. The van der Waals surface area contributed by atoms with Crippen LogP contribution < -0.4 is 4.90 Å². The maximum atomic E-state index is 14.1. The summed E-state index contributed by atoms with van der Waals surface area (Å²) in [5.74, 6) is -3.78. The van der Waals surface area contributed by atoms with Crippen LogP contribution in [0.1, 0.15) is 49.9 Å². The number of carbonyl (C=O) groups excluding carboxylic acids is 4. The van der Waals surface area contributed by atoms with Crippen LogP contribution in [0.5, 0.6) is 0 Å². The quantitative estimate of drug-likeness (QED) is 0.118. The third kappa shape index (κ3) is 3.45. The van der Waals surface area contributed by atoms with Gasteiger partial charge >= 0.3 is 5.97 Å². The highest BCUT2D eigenvalue weighted by Crippen LogP contribution is 2.69. The number of Topliss-reactive ketones (excluding diaryl/α,β-unsaturated/α-hetero) is 1. The summed E-state index contributed by atoms with van der Waals surface area (Å²) < 4.78 is 5.40. The highest BCUT2D eigenvalue weighted by atomic mass is 35.5. The lowest BCUT2D eigenvalue weighted by atomic mass is 9.54. The number of ether oxygens (including phenoxy) is 1. The van der Waals surface area contributed by atoms with Gasteiger partial charge in [-0.2, -0.15) is 0 Å². The second-order valence-corrected chi connectivity index (χ2v) is 12.0. The van der Waals surface area contributed by atoms with Crippen molar-refractivity contribution in [2.45, 2.75) is 22.8 Å². The normalized spacial score (nSPS) is 25.8. The van der Waals surface area contributed by atoms with Crippen molar-refractivity contribution >= 4 is 52.5 Å². The molecular weight excluding hydrogens is 573 g/mol. The van der Waals surface area contributed by atoms with Crippen molar-refractivity contribution in [3.8, 4) is 0 Å². The Hall–Kier alpha value is -4.26. The van der Waals surface area contributed by atoms with E-state index < -0.39 is 45.5 Å². The van der Waals surface area contributed by atoms with Gasteiger partial charge in [-0.05, 0) is 53.4 Å². The zero-order chi connectivity index (χ0) is 29.4. The van der Waals surface area contributed by atoms with Gasteiger partial charge in [-0.25, -0.2) is 9.69 Å². The number of carbonyl (C=O) groups is 4. The molecule has 42 heavy (non-hydrogen) atoms. The molecule has 0 saturated carbocycles. The monoisotopic (exact) mass is 595 g/mol. The van der Waals surface area contributed by atoms with Gasteiger partial charge in [0.25, 0.3) is 0 Å². The van der Waals surface area contributed by atoms with E-state index in [1.54, 1.807) is 30.3 Å². The molecule has 2 amide bonds. The van der Waals surface area contributed by atoms with Gasteiger partial charge in [0, 0.05) is 5.56 Å². The number of ketones is 1. The molecule has 0 N–H and O–H groups in total. The molecule has 0 aromatic heterocycles. The Morgan fingerprint density at radius 1 is 0.667 bits per heavy atom. The van der Waals surface area contributed by atoms with Gasteiger partial charge in [0.1, 0.15) is 9.75 Å². The number of esters is 1. The molecule has 1 saturated heterocycles. The number of alkyl halides is 2. The molecule has 2 bridgehead atoms. The van der Waals surface area contributed by atoms with Crippen molar-refractivity contribution in [2.24, 2.45) is 11.8 Å². The van der Waals surface area contributed by atoms with E-state index in [1.807, 2.05) is 48.5 Å². The molecule has 4 aliphatic rings. The van der Waals surface area contributed by atoms with Crippen molar-refractivity contribution in [2.75, 3.05) is 4.90 Å². The van der Waals surface area contributed by atoms with Crippen molar-refractivity contribution in [3.05, 3.63) is 137 Å². The summed E-state index contributed by atoms with van der Waals surface area (Å²) in [6, 6.07) is 29.4. The van der Waals surface area contributed by atoms with Crippen LogP contribution in [0.3, 0.4) is 0 Å². The number of anilines is 1. The smallest absolute Gasteiger partial charge is 0.338 e. The third-order valence-electron chi connectivity index (χ3n) is 8.66. The van der Waals surface area contributed by atoms with Gasteiger partial charge < -0.3 is 4.74 Å². The molecular formula is C34H23Cl2NO5. The van der Waals surface area contributed by atoms with E-state index in [-0.39, 0.29) is 17.0 Å². The van der Waals surface area contributed by atoms with E-state index in [2.05, 4.69) is 0 Å². The van der Waals surface area contributed by atoms with Crippen LogP contribution >= 0.6 is 23.2 Å². The maximum absolute atomic E-state index is 14.1. The van der Waals surface area contributed by atoms with Gasteiger partial charge in [0.2, 0.25) is 17.6 Å². The summed E-state index contributed by atoms with van der Waals surface area (Å²) in [6.07, 6.45) is -0.997. The standard InChI is InChI=1S/C34H23Cl2NO5/c1-19(29(38)20-9-3-2-4-10-20)42-32(41)21-15-17-22(18-16-21)37-30(39)27-28(31(37)40)34(36)24-12-6-5-11-23(24)33(27,35)25-13-7-8-14-26(25)34/h2-19,27-28H,1H3/t19-,27-,28-,33?,34?/m0/s1. The summed E-state index contributed by atoms with van der Waals surface area (Å²) in [7, 11) is 0. The van der Waals surface area contributed by atoms with Gasteiger partial charge in [0.15, 0.2) is 6.10 Å². The minimum absolute atomic E-state index is 0.172. The second kappa shape index (κ2) is 9.38. The first-order valence-electron chi connectivity index (χ1n) is 13.5. The third-order valence-corrected chi connectivity index (χ3v) is 9.94. The van der Waals surface area contributed by atoms with Crippen molar-refractivity contribution in [1.82, 2.24) is 0 Å². The first-order valence-corrected chi connectivity index (χ1v) is 14.3. The number of hydrogen-bond acceptors (Lipinski definition) is 5. The molecule has 1 fully saturated rings. The molecule has 8 heteroatoms. The predicted molar refractivity (Wildman–Crippen MR) is 158 cm³/mol. The molecule has 8 rings (SSSR count). The molecule has 3 atom stereocenters. The topological polar surface area (TPSA) is 80.8 Å². The molecule has 1 heterocycles. The summed E-state index contributed by atoms with van der Waals surface area (Å²) >= 11 is 14.9. The van der Waals surface area contributed by atoms with E-state index >= 15 is 0 Å². The summed E-state index contributed by atoms with van der Waals surface area (Å²) in [6.45, 7) is 1.51. The summed E-state index contributed by atoms with van der Waals surface area (Å²) in [4.78, 5) is 52.3. The Morgan fingerprint density at radius 2 is 1.10 bits per heavy atom. The molecule has 4 aromatic rings. The number of imide groups is 1. The van der Waals surface area contributed by atoms with Crippen LogP contribution in [-0.4, -0.2) is 29.7 Å². The Labute approximate surface area is 251 Å². The van der Waals surface area contributed by atoms with Gasteiger partial charge in [-0.3, -0.25) is 14.4 Å². The van der Waals surface area contributed by atoms with Crippen LogP contribution in [0.2, 0.25) is 0 Å². The first kappa shape index (κ1) is 26.6. The number of nitrogens with zero attached hydrogens (tertiary/aromatic N) is 1. The average Bonchev–Trinajstić information content (AvgIpc) is 3.30. The van der Waals surface area contributed by atoms with Crippen molar-refractivity contribution in [3.63, 3.8) is 0 Å². The van der Waals surface area contributed by atoms with Gasteiger partial charge in [-0.15, -0.1) is 23.2 Å². The van der Waals surface area contributed by atoms with E-state index in [9.17, 15) is 19.2 Å². The van der Waals surface area contributed by atoms with E-state index in [4.69, 9.17) is 27.9 Å². The van der Waals surface area contributed by atoms with Crippen LogP contribution in [0, 0.1) is 11.8 Å². The van der Waals surface area contributed by atoms with Crippen LogP contribution in [0.25, 0.3) is 0 Å². The lowest BCUT2D eigenvalue weighted by molar-refractivity contribution is -0.122. The maximum Gasteiger partial charge on any atom is 0.338 e. The first-order chi connectivity index (χ1) is 20.2. The van der Waals surface area contributed by atoms with E-state index in [0.717, 1.165) is 27.2 Å². The molecule has 6 nitrogen and oxygen atoms in total. The van der Waals surface area contributed by atoms with Crippen LogP contribution in [0.4, 0.5) is 5.69 Å². The summed E-state index contributed by atoms with van der Waals surface area (Å²) in [5.41, 5.74) is 3.79. The van der Waals surface area contributed by atoms with Crippen molar-refractivity contribution in [1.29, 1.82) is 0 Å². The molecule has 1 aliphatic heterocycles. The van der Waals surface area contributed by atoms with Crippen LogP contribution in [0.15, 0.2) is 103 Å². The number of benzene rings is 4. The zero-order valence-electron chi connectivity index (χ0n) is 22.3. The fraction of sp³-hybridized carbons (Fsp3) is 0.176. The Bertz CT molecular complexity index is 1680. The average molecular weight is 596 g/mol. The summed E-state index contributed by atoms with van der Waals surface area (Å²) in [5, 5.41) is 0. The molecule has 3 aliphatic carbocycles. The minimum atomic E-state index is -1.28. The highest BCUT2D eigenvalue weighted by Gasteiger charge is 2.73. The second-order valence-electron chi connectivity index (χ2n) is 10.8. The molecule has 0 spiro atoms. The molecule has 4 aromatic carbocycles. The fourth-order valence-electron chi connectivity index (χ4n) is 6.79. The lowest BCUT2D eigenvalue weighted by Crippen LogP contribution is -2.57. The molecule has 0 unspecified atom stereocenters. The Balaban J connectivity index is 1.20. The highest BCUT2D eigenvalue weighted by molar-refractivity contribution is 6.38. The van der Waals surface area contributed by atoms with Gasteiger partial charge in [0.05, 0.1) is 23.1 Å². The SMILES string of the molecule is C[C@H](OC(=O)c1ccc(N2C(=O)[C@@H]3[C@@H](C2=O)C2(Cl)c4ccccc4C3(Cl)c3ccccc32)cc1)C(=O)c1ccccc1. The molecule has 0 radical (unpaired) electrons. The zero-order valence-corrected chi connectivity index (χ0v) is 23.8. The minimum Gasteiger partial charge on any atom is -0.451 e. The number of rotatable bonds is 5. The van der Waals surface area contributed by atoms with E-state index in [1.165, 1.54) is 31.2 Å².